The number of amides is 1. The number of likely N-dealkylation sites (tertiary alicyclic amines) is 1. The largest absolute Gasteiger partial charge is 0.373 e. The lowest BCUT2D eigenvalue weighted by atomic mass is 10.1. The van der Waals surface area contributed by atoms with Crippen LogP contribution in [-0.2, 0) is 0 Å². The monoisotopic (exact) mass is 301 g/mol. The zero-order valence-corrected chi connectivity index (χ0v) is 13.1. The molecule has 0 radical (unpaired) electrons. The number of nitrogens with one attached hydrogen (secondary N) is 1. The zero-order valence-electron chi connectivity index (χ0n) is 12.3. The normalized spacial score (nSPS) is 18.0. The van der Waals surface area contributed by atoms with Crippen molar-refractivity contribution >= 4 is 23.1 Å². The fourth-order valence-electron chi connectivity index (χ4n) is 2.83. The van der Waals surface area contributed by atoms with E-state index in [1.165, 1.54) is 11.3 Å². The van der Waals surface area contributed by atoms with Gasteiger partial charge in [-0.1, -0.05) is 0 Å². The lowest BCUT2D eigenvalue weighted by Crippen LogP contribution is -2.30. The number of pyridine rings is 1. The predicted molar refractivity (Wildman–Crippen MR) is 85.9 cm³/mol. The van der Waals surface area contributed by atoms with E-state index in [1.54, 1.807) is 6.20 Å². The molecule has 1 aliphatic rings. The van der Waals surface area contributed by atoms with Crippen LogP contribution in [-0.4, -0.2) is 29.4 Å². The van der Waals surface area contributed by atoms with E-state index >= 15 is 0 Å². The number of thiophene rings is 1. The molecular formula is C16H19N3OS. The minimum absolute atomic E-state index is 0.151. The van der Waals surface area contributed by atoms with Crippen molar-refractivity contribution in [1.29, 1.82) is 0 Å². The van der Waals surface area contributed by atoms with E-state index in [0.717, 1.165) is 41.2 Å². The van der Waals surface area contributed by atoms with E-state index in [0.29, 0.717) is 0 Å². The summed E-state index contributed by atoms with van der Waals surface area (Å²) in [5.74, 6) is 0.997. The summed E-state index contributed by atoms with van der Waals surface area (Å²) in [6.07, 6.45) is 3.87. The molecule has 3 rings (SSSR count). The maximum atomic E-state index is 12.7. The summed E-state index contributed by atoms with van der Waals surface area (Å²) in [6.45, 7) is 2.86. The Kier molecular flexibility index (Phi) is 3.92. The topological polar surface area (TPSA) is 45.2 Å². The summed E-state index contributed by atoms with van der Waals surface area (Å²) < 4.78 is 0. The highest BCUT2D eigenvalue weighted by Gasteiger charge is 2.31. The van der Waals surface area contributed by atoms with Crippen LogP contribution < -0.4 is 5.32 Å². The van der Waals surface area contributed by atoms with Crippen LogP contribution >= 0.6 is 11.3 Å². The number of aryl methyl sites for hydroxylation is 1. The molecule has 1 unspecified atom stereocenters. The van der Waals surface area contributed by atoms with Gasteiger partial charge in [-0.2, -0.15) is 0 Å². The maximum Gasteiger partial charge on any atom is 0.264 e. The molecule has 2 aromatic rings. The Morgan fingerprint density at radius 2 is 2.33 bits per heavy atom. The first-order valence-electron chi connectivity index (χ1n) is 7.19. The fraction of sp³-hybridized carbons (Fsp3) is 0.375. The number of hydrogen-bond acceptors (Lipinski definition) is 4. The molecule has 1 amide bonds. The molecule has 3 heterocycles. The van der Waals surface area contributed by atoms with Gasteiger partial charge in [0.25, 0.3) is 5.91 Å². The second-order valence-electron chi connectivity index (χ2n) is 5.37. The van der Waals surface area contributed by atoms with E-state index in [4.69, 9.17) is 0 Å². The van der Waals surface area contributed by atoms with Crippen LogP contribution in [0.4, 0.5) is 5.82 Å². The Morgan fingerprint density at radius 1 is 1.48 bits per heavy atom. The first kappa shape index (κ1) is 14.1. The van der Waals surface area contributed by atoms with Crippen molar-refractivity contribution in [1.82, 2.24) is 9.88 Å². The Hall–Kier alpha value is -1.88. The fourth-order valence-corrected chi connectivity index (χ4v) is 3.69. The van der Waals surface area contributed by atoms with Crippen molar-refractivity contribution in [3.63, 3.8) is 0 Å². The molecule has 21 heavy (non-hydrogen) atoms. The molecular weight excluding hydrogens is 282 g/mol. The average Bonchev–Trinajstić information content (AvgIpc) is 3.15. The molecule has 0 aromatic carbocycles. The third-order valence-electron chi connectivity index (χ3n) is 3.88. The third kappa shape index (κ3) is 2.78. The number of nitrogens with zero attached hydrogens (tertiary/aromatic N) is 2. The van der Waals surface area contributed by atoms with E-state index in [1.807, 2.05) is 42.5 Å². The summed E-state index contributed by atoms with van der Waals surface area (Å²) in [5, 5.41) is 5.09. The lowest BCUT2D eigenvalue weighted by Gasteiger charge is -2.24. The van der Waals surface area contributed by atoms with Crippen molar-refractivity contribution in [3.8, 4) is 0 Å². The van der Waals surface area contributed by atoms with E-state index < -0.39 is 0 Å². The number of aromatic nitrogens is 1. The number of carbonyl (C=O) groups excluding carboxylic acids is 1. The highest BCUT2D eigenvalue weighted by atomic mass is 32.1. The SMILES string of the molecule is CNc1cc(C2CCCN2C(=O)c2cc(C)cs2)ccn1. The Balaban J connectivity index is 1.86. The Morgan fingerprint density at radius 3 is 3.05 bits per heavy atom. The van der Waals surface area contributed by atoms with Crippen LogP contribution in [0.5, 0.6) is 0 Å². The van der Waals surface area contributed by atoms with Gasteiger partial charge in [-0.3, -0.25) is 4.79 Å². The first-order valence-corrected chi connectivity index (χ1v) is 8.07. The average molecular weight is 301 g/mol. The second-order valence-corrected chi connectivity index (χ2v) is 6.28. The van der Waals surface area contributed by atoms with Crippen molar-refractivity contribution in [2.75, 3.05) is 18.9 Å². The van der Waals surface area contributed by atoms with Crippen LogP contribution in [0.2, 0.25) is 0 Å². The molecule has 0 bridgehead atoms. The van der Waals surface area contributed by atoms with E-state index in [2.05, 4.69) is 10.3 Å². The second kappa shape index (κ2) is 5.85. The molecule has 0 spiro atoms. The standard InChI is InChI=1S/C16H19N3OS/c1-11-8-14(21-10-11)16(20)19-7-3-4-13(19)12-5-6-18-15(9-12)17-2/h5-6,8-10,13H,3-4,7H2,1-2H3,(H,17,18). The van der Waals surface area contributed by atoms with Crippen LogP contribution in [0.25, 0.3) is 0 Å². The molecule has 1 aliphatic heterocycles. The molecule has 1 fully saturated rings. The quantitative estimate of drug-likeness (QED) is 0.944. The number of hydrogen-bond donors (Lipinski definition) is 1. The minimum Gasteiger partial charge on any atom is -0.373 e. The van der Waals surface area contributed by atoms with Gasteiger partial charge in [-0.05, 0) is 54.5 Å². The predicted octanol–water partition coefficient (Wildman–Crippen LogP) is 3.47. The highest BCUT2D eigenvalue weighted by molar-refractivity contribution is 7.12. The van der Waals surface area contributed by atoms with Gasteiger partial charge in [-0.25, -0.2) is 4.98 Å². The maximum absolute atomic E-state index is 12.7. The van der Waals surface area contributed by atoms with Gasteiger partial charge in [0.1, 0.15) is 5.82 Å². The van der Waals surface area contributed by atoms with Gasteiger partial charge >= 0.3 is 0 Å². The summed E-state index contributed by atoms with van der Waals surface area (Å²) >= 11 is 1.53. The van der Waals surface area contributed by atoms with Gasteiger partial charge < -0.3 is 10.2 Å². The molecule has 4 nitrogen and oxygen atoms in total. The summed E-state index contributed by atoms with van der Waals surface area (Å²) in [7, 11) is 1.86. The zero-order chi connectivity index (χ0) is 14.8. The van der Waals surface area contributed by atoms with Gasteiger partial charge in [0, 0.05) is 19.8 Å². The Bertz CT molecular complexity index is 652. The van der Waals surface area contributed by atoms with Crippen molar-refractivity contribution < 1.29 is 4.79 Å². The van der Waals surface area contributed by atoms with Crippen LogP contribution in [0.15, 0.2) is 29.8 Å². The summed E-state index contributed by atoms with van der Waals surface area (Å²) in [5.41, 5.74) is 2.31. The minimum atomic E-state index is 0.151. The molecule has 2 aromatic heterocycles. The summed E-state index contributed by atoms with van der Waals surface area (Å²) in [4.78, 5) is 19.8. The number of anilines is 1. The molecule has 0 saturated carbocycles. The van der Waals surface area contributed by atoms with Gasteiger partial charge in [0.05, 0.1) is 10.9 Å². The van der Waals surface area contributed by atoms with Crippen molar-refractivity contribution in [3.05, 3.63) is 45.8 Å². The molecule has 1 atom stereocenters. The first-order chi connectivity index (χ1) is 10.2. The number of carbonyl (C=O) groups is 1. The lowest BCUT2D eigenvalue weighted by molar-refractivity contribution is 0.0740. The van der Waals surface area contributed by atoms with Gasteiger partial charge in [0.15, 0.2) is 0 Å². The van der Waals surface area contributed by atoms with Gasteiger partial charge in [0.2, 0.25) is 0 Å². The van der Waals surface area contributed by atoms with Crippen LogP contribution in [0.3, 0.4) is 0 Å². The third-order valence-corrected chi connectivity index (χ3v) is 4.92. The van der Waals surface area contributed by atoms with Crippen molar-refractivity contribution in [2.45, 2.75) is 25.8 Å². The van der Waals surface area contributed by atoms with Crippen LogP contribution in [0, 0.1) is 6.92 Å². The van der Waals surface area contributed by atoms with E-state index in [-0.39, 0.29) is 11.9 Å². The number of rotatable bonds is 3. The molecule has 5 heteroatoms. The molecule has 0 aliphatic carbocycles. The summed E-state index contributed by atoms with van der Waals surface area (Å²) in [6, 6.07) is 6.19. The highest BCUT2D eigenvalue weighted by Crippen LogP contribution is 2.34. The molecule has 1 saturated heterocycles. The van der Waals surface area contributed by atoms with Gasteiger partial charge in [-0.15, -0.1) is 11.3 Å². The van der Waals surface area contributed by atoms with Crippen LogP contribution in [0.1, 0.15) is 39.7 Å². The smallest absolute Gasteiger partial charge is 0.264 e. The van der Waals surface area contributed by atoms with Crippen molar-refractivity contribution in [2.24, 2.45) is 0 Å². The Labute approximate surface area is 128 Å². The van der Waals surface area contributed by atoms with E-state index in [9.17, 15) is 4.79 Å². The molecule has 1 N–H and O–H groups in total. The molecule has 110 valence electrons.